The normalized spacial score (nSPS) is 22.6. The number of urea groups is 1. The van der Waals surface area contributed by atoms with Crippen molar-refractivity contribution >= 4 is 17.8 Å². The molecular weight excluding hydrogens is 260 g/mol. The van der Waals surface area contributed by atoms with Gasteiger partial charge in [0.2, 0.25) is 11.8 Å². The van der Waals surface area contributed by atoms with Crippen LogP contribution in [0.3, 0.4) is 0 Å². The third-order valence-corrected chi connectivity index (χ3v) is 3.70. The number of rotatable bonds is 3. The van der Waals surface area contributed by atoms with Gasteiger partial charge in [-0.05, 0) is 12.8 Å². The van der Waals surface area contributed by atoms with Gasteiger partial charge in [0.05, 0.1) is 0 Å². The van der Waals surface area contributed by atoms with Crippen LogP contribution in [-0.2, 0) is 9.59 Å². The summed E-state index contributed by atoms with van der Waals surface area (Å²) >= 11 is 0. The van der Waals surface area contributed by atoms with E-state index in [0.717, 1.165) is 6.42 Å². The van der Waals surface area contributed by atoms with Crippen molar-refractivity contribution in [3.8, 4) is 0 Å². The van der Waals surface area contributed by atoms with Crippen molar-refractivity contribution in [3.05, 3.63) is 0 Å². The summed E-state index contributed by atoms with van der Waals surface area (Å²) in [5, 5.41) is 5.52. The zero-order valence-corrected chi connectivity index (χ0v) is 11.9. The van der Waals surface area contributed by atoms with Crippen molar-refractivity contribution in [1.29, 1.82) is 0 Å². The monoisotopic (exact) mass is 282 g/mol. The molecule has 0 radical (unpaired) electrons. The number of carbonyl (C=O) groups excluding carboxylic acids is 3. The maximum absolute atomic E-state index is 12.2. The van der Waals surface area contributed by atoms with Crippen LogP contribution >= 0.6 is 0 Å². The Morgan fingerprint density at radius 1 is 1.25 bits per heavy atom. The van der Waals surface area contributed by atoms with E-state index in [9.17, 15) is 14.4 Å². The zero-order valence-electron chi connectivity index (χ0n) is 11.9. The highest BCUT2D eigenvalue weighted by Gasteiger charge is 2.32. The van der Waals surface area contributed by atoms with Gasteiger partial charge in [-0.1, -0.05) is 6.92 Å². The molecule has 0 aromatic rings. The fourth-order valence-corrected chi connectivity index (χ4v) is 2.49. The highest BCUT2D eigenvalue weighted by molar-refractivity contribution is 5.91. The Hall–Kier alpha value is -1.79. The van der Waals surface area contributed by atoms with E-state index >= 15 is 0 Å². The van der Waals surface area contributed by atoms with E-state index in [4.69, 9.17) is 0 Å². The molecule has 4 amide bonds. The first-order chi connectivity index (χ1) is 9.61. The molecule has 2 heterocycles. The Morgan fingerprint density at radius 3 is 2.45 bits per heavy atom. The second-order valence-electron chi connectivity index (χ2n) is 5.20. The third-order valence-electron chi connectivity index (χ3n) is 3.70. The Bertz CT molecular complexity index is 391. The number of amides is 4. The molecule has 0 aromatic carbocycles. The second-order valence-corrected chi connectivity index (χ2v) is 5.20. The summed E-state index contributed by atoms with van der Waals surface area (Å²) in [5.41, 5.74) is 0. The van der Waals surface area contributed by atoms with Crippen LogP contribution in [0.15, 0.2) is 0 Å². The van der Waals surface area contributed by atoms with Crippen molar-refractivity contribution < 1.29 is 14.4 Å². The van der Waals surface area contributed by atoms with Gasteiger partial charge < -0.3 is 20.4 Å². The highest BCUT2D eigenvalue weighted by atomic mass is 16.2. The molecule has 1 atom stereocenters. The van der Waals surface area contributed by atoms with Crippen LogP contribution in [0.1, 0.15) is 26.2 Å². The minimum absolute atomic E-state index is 0.0236. The van der Waals surface area contributed by atoms with Gasteiger partial charge in [0.15, 0.2) is 0 Å². The number of nitrogens with zero attached hydrogens (tertiary/aromatic N) is 2. The second kappa shape index (κ2) is 6.58. The molecule has 0 aromatic heterocycles. The fourth-order valence-electron chi connectivity index (χ4n) is 2.49. The van der Waals surface area contributed by atoms with E-state index in [1.165, 1.54) is 0 Å². The molecule has 2 aliphatic heterocycles. The molecule has 2 saturated heterocycles. The quantitative estimate of drug-likeness (QED) is 0.734. The van der Waals surface area contributed by atoms with E-state index in [-0.39, 0.29) is 23.9 Å². The predicted molar refractivity (Wildman–Crippen MR) is 73.0 cm³/mol. The van der Waals surface area contributed by atoms with Crippen LogP contribution in [0, 0.1) is 0 Å². The summed E-state index contributed by atoms with van der Waals surface area (Å²) in [6, 6.07) is -0.434. The van der Waals surface area contributed by atoms with Gasteiger partial charge in [0.1, 0.15) is 6.04 Å². The van der Waals surface area contributed by atoms with E-state index in [1.807, 2.05) is 6.92 Å². The molecule has 0 saturated carbocycles. The third kappa shape index (κ3) is 3.40. The summed E-state index contributed by atoms with van der Waals surface area (Å²) < 4.78 is 0. The molecular formula is C13H22N4O3. The molecule has 112 valence electrons. The highest BCUT2D eigenvalue weighted by Crippen LogP contribution is 2.12. The summed E-state index contributed by atoms with van der Waals surface area (Å²) in [4.78, 5) is 38.6. The average molecular weight is 282 g/mol. The molecule has 2 rings (SSSR count). The first-order valence-electron chi connectivity index (χ1n) is 7.22. The molecule has 20 heavy (non-hydrogen) atoms. The standard InChI is InChI=1S/C13H22N4O3/c1-2-5-14-13(20)17-8-6-16(7-9-17)12(19)10-3-4-11(18)15-10/h10H,2-9H2,1H3,(H,14,20)(H,15,18). The Kier molecular flexibility index (Phi) is 4.81. The average Bonchev–Trinajstić information content (AvgIpc) is 2.90. The minimum Gasteiger partial charge on any atom is -0.344 e. The van der Waals surface area contributed by atoms with Gasteiger partial charge in [-0.25, -0.2) is 4.79 Å². The minimum atomic E-state index is -0.372. The topological polar surface area (TPSA) is 81.8 Å². The number of nitrogens with one attached hydrogen (secondary N) is 2. The van der Waals surface area contributed by atoms with Gasteiger partial charge in [0.25, 0.3) is 0 Å². The molecule has 0 aliphatic carbocycles. The molecule has 0 bridgehead atoms. The number of hydrogen-bond donors (Lipinski definition) is 2. The van der Waals surface area contributed by atoms with Crippen molar-refractivity contribution in [3.63, 3.8) is 0 Å². The number of hydrogen-bond acceptors (Lipinski definition) is 3. The van der Waals surface area contributed by atoms with Crippen LogP contribution in [0.5, 0.6) is 0 Å². The van der Waals surface area contributed by atoms with E-state index in [0.29, 0.717) is 45.6 Å². The van der Waals surface area contributed by atoms with Crippen LogP contribution in [0.25, 0.3) is 0 Å². The lowest BCUT2D eigenvalue weighted by atomic mass is 10.2. The maximum atomic E-state index is 12.2. The Balaban J connectivity index is 1.77. The smallest absolute Gasteiger partial charge is 0.317 e. The predicted octanol–water partition coefficient (Wildman–Crippen LogP) is -0.471. The fraction of sp³-hybridized carbons (Fsp3) is 0.769. The van der Waals surface area contributed by atoms with Gasteiger partial charge in [-0.15, -0.1) is 0 Å². The summed E-state index contributed by atoms with van der Waals surface area (Å²) in [6.07, 6.45) is 1.91. The van der Waals surface area contributed by atoms with Gasteiger partial charge in [-0.3, -0.25) is 9.59 Å². The lowest BCUT2D eigenvalue weighted by Gasteiger charge is -2.35. The van der Waals surface area contributed by atoms with E-state index < -0.39 is 0 Å². The van der Waals surface area contributed by atoms with E-state index in [1.54, 1.807) is 9.80 Å². The molecule has 7 heteroatoms. The van der Waals surface area contributed by atoms with Crippen LogP contribution < -0.4 is 10.6 Å². The van der Waals surface area contributed by atoms with Crippen LogP contribution in [0.4, 0.5) is 4.79 Å². The Morgan fingerprint density at radius 2 is 1.90 bits per heavy atom. The molecule has 2 fully saturated rings. The first-order valence-corrected chi connectivity index (χ1v) is 7.22. The molecule has 2 aliphatic rings. The SMILES string of the molecule is CCCNC(=O)N1CCN(C(=O)C2CCC(=O)N2)CC1. The van der Waals surface area contributed by atoms with Crippen molar-refractivity contribution in [1.82, 2.24) is 20.4 Å². The van der Waals surface area contributed by atoms with Gasteiger partial charge >= 0.3 is 6.03 Å². The Labute approximate surface area is 118 Å². The zero-order chi connectivity index (χ0) is 14.5. The van der Waals surface area contributed by atoms with Crippen molar-refractivity contribution in [2.45, 2.75) is 32.2 Å². The van der Waals surface area contributed by atoms with Crippen LogP contribution in [0.2, 0.25) is 0 Å². The summed E-state index contributed by atoms with van der Waals surface area (Å²) in [5.74, 6) is -0.0783. The first kappa shape index (κ1) is 14.6. The summed E-state index contributed by atoms with van der Waals surface area (Å²) in [7, 11) is 0. The molecule has 2 N–H and O–H groups in total. The maximum Gasteiger partial charge on any atom is 0.317 e. The molecule has 0 spiro atoms. The van der Waals surface area contributed by atoms with Crippen LogP contribution in [-0.4, -0.2) is 66.4 Å². The number of piperazine rings is 1. The van der Waals surface area contributed by atoms with E-state index in [2.05, 4.69) is 10.6 Å². The van der Waals surface area contributed by atoms with Crippen molar-refractivity contribution in [2.75, 3.05) is 32.7 Å². The summed E-state index contributed by atoms with van der Waals surface area (Å²) in [6.45, 7) is 4.83. The number of carbonyl (C=O) groups is 3. The van der Waals surface area contributed by atoms with Gasteiger partial charge in [0, 0.05) is 39.1 Å². The molecule has 7 nitrogen and oxygen atoms in total. The lowest BCUT2D eigenvalue weighted by Crippen LogP contribution is -2.56. The van der Waals surface area contributed by atoms with Crippen molar-refractivity contribution in [2.24, 2.45) is 0 Å². The molecule has 1 unspecified atom stereocenters. The van der Waals surface area contributed by atoms with Gasteiger partial charge in [-0.2, -0.15) is 0 Å². The lowest BCUT2D eigenvalue weighted by molar-refractivity contribution is -0.135. The largest absolute Gasteiger partial charge is 0.344 e.